The van der Waals surface area contributed by atoms with Crippen molar-refractivity contribution in [3.8, 4) is 5.75 Å². The Hall–Kier alpha value is -2.82. The van der Waals surface area contributed by atoms with Crippen LogP contribution in [0, 0.1) is 0 Å². The van der Waals surface area contributed by atoms with Crippen molar-refractivity contribution in [1.29, 1.82) is 0 Å². The van der Waals surface area contributed by atoms with Gasteiger partial charge >= 0.3 is 0 Å². The van der Waals surface area contributed by atoms with Crippen LogP contribution < -0.4 is 9.80 Å². The first-order valence-electron chi connectivity index (χ1n) is 7.71. The minimum atomic E-state index is 0.374. The van der Waals surface area contributed by atoms with E-state index in [1.165, 1.54) is 0 Å². The van der Waals surface area contributed by atoms with Gasteiger partial charge in [-0.25, -0.2) is 10.1 Å². The Bertz CT molecular complexity index is 864. The molecule has 0 heterocycles. The number of benzene rings is 3. The molecule has 0 saturated heterocycles. The van der Waals surface area contributed by atoms with E-state index in [9.17, 15) is 5.21 Å². The lowest BCUT2D eigenvalue weighted by Crippen LogP contribution is -2.28. The number of aliphatic imine (C=N–C) groups is 1. The molecule has 3 aromatic carbocycles. The summed E-state index contributed by atoms with van der Waals surface area (Å²) in [4.78, 5) is 4.60. The first kappa shape index (κ1) is 17.0. The zero-order chi connectivity index (χ0) is 17.6. The average molecular weight is 353 g/mol. The molecule has 0 atom stereocenters. The summed E-state index contributed by atoms with van der Waals surface area (Å²) in [5.74, 6) is 1.12. The Kier molecular flexibility index (Phi) is 5.33. The lowest BCUT2D eigenvalue weighted by Gasteiger charge is -2.20. The van der Waals surface area contributed by atoms with Gasteiger partial charge in [-0.2, -0.15) is 0 Å². The molecule has 1 N–H and O–H groups in total. The summed E-state index contributed by atoms with van der Waals surface area (Å²) in [5.41, 5.74) is 1.91. The highest BCUT2D eigenvalue weighted by Crippen LogP contribution is 2.27. The fourth-order valence-corrected chi connectivity index (χ4v) is 2.55. The van der Waals surface area contributed by atoms with Crippen LogP contribution >= 0.6 is 11.6 Å². The topological polar surface area (TPSA) is 45.1 Å². The Morgan fingerprint density at radius 1 is 0.920 bits per heavy atom. The van der Waals surface area contributed by atoms with Gasteiger partial charge in [0.15, 0.2) is 5.84 Å². The van der Waals surface area contributed by atoms with Gasteiger partial charge in [0.05, 0.1) is 23.5 Å². The van der Waals surface area contributed by atoms with Crippen LogP contribution in [0.4, 0.5) is 11.4 Å². The third kappa shape index (κ3) is 3.99. The average Bonchev–Trinajstić information content (AvgIpc) is 2.67. The van der Waals surface area contributed by atoms with Crippen LogP contribution in [0.1, 0.15) is 5.56 Å². The number of ether oxygens (including phenoxy) is 1. The first-order chi connectivity index (χ1) is 12.2. The van der Waals surface area contributed by atoms with Gasteiger partial charge in [-0.1, -0.05) is 54.1 Å². The molecule has 0 saturated carbocycles. The van der Waals surface area contributed by atoms with Crippen molar-refractivity contribution < 1.29 is 9.94 Å². The Balaban J connectivity index is 2.06. The molecule has 0 radical (unpaired) electrons. The SMILES string of the molecule is COc1ccc(N=C(c2ccccc2)N(O)c2ccccc2Cl)cc1. The van der Waals surface area contributed by atoms with Crippen LogP contribution in [-0.4, -0.2) is 18.2 Å². The van der Waals surface area contributed by atoms with E-state index in [0.29, 0.717) is 22.2 Å². The molecule has 0 fully saturated rings. The number of para-hydroxylation sites is 1. The summed E-state index contributed by atoms with van der Waals surface area (Å²) in [7, 11) is 1.61. The zero-order valence-corrected chi connectivity index (χ0v) is 14.4. The molecule has 0 amide bonds. The van der Waals surface area contributed by atoms with Crippen molar-refractivity contribution in [3.05, 3.63) is 89.4 Å². The molecule has 0 aliphatic heterocycles. The van der Waals surface area contributed by atoms with Crippen LogP contribution in [0.25, 0.3) is 0 Å². The third-order valence-electron chi connectivity index (χ3n) is 3.62. The van der Waals surface area contributed by atoms with Crippen molar-refractivity contribution in [3.63, 3.8) is 0 Å². The highest BCUT2D eigenvalue weighted by molar-refractivity contribution is 6.34. The molecule has 5 heteroatoms. The predicted molar refractivity (Wildman–Crippen MR) is 101 cm³/mol. The van der Waals surface area contributed by atoms with Gasteiger partial charge in [0, 0.05) is 5.56 Å². The molecule has 0 spiro atoms. The molecule has 3 rings (SSSR count). The van der Waals surface area contributed by atoms with Crippen molar-refractivity contribution in [2.75, 3.05) is 12.2 Å². The Morgan fingerprint density at radius 2 is 1.56 bits per heavy atom. The van der Waals surface area contributed by atoms with E-state index in [1.54, 1.807) is 25.3 Å². The van der Waals surface area contributed by atoms with E-state index in [4.69, 9.17) is 16.3 Å². The van der Waals surface area contributed by atoms with Crippen LogP contribution in [-0.2, 0) is 0 Å². The van der Waals surface area contributed by atoms with Gasteiger partial charge in [-0.05, 0) is 36.4 Å². The highest BCUT2D eigenvalue weighted by Gasteiger charge is 2.16. The maximum absolute atomic E-state index is 10.8. The van der Waals surface area contributed by atoms with Gasteiger partial charge in [-0.3, -0.25) is 5.21 Å². The van der Waals surface area contributed by atoms with E-state index >= 15 is 0 Å². The van der Waals surface area contributed by atoms with Gasteiger partial charge in [0.2, 0.25) is 0 Å². The molecule has 0 aliphatic rings. The predicted octanol–water partition coefficient (Wildman–Crippen LogP) is 5.32. The number of nitrogens with zero attached hydrogens (tertiary/aromatic N) is 2. The fourth-order valence-electron chi connectivity index (χ4n) is 2.34. The summed E-state index contributed by atoms with van der Waals surface area (Å²) in [6.07, 6.45) is 0. The van der Waals surface area contributed by atoms with Gasteiger partial charge in [0.1, 0.15) is 5.75 Å². The van der Waals surface area contributed by atoms with E-state index in [1.807, 2.05) is 60.7 Å². The number of rotatable bonds is 4. The second-order valence-electron chi connectivity index (χ2n) is 5.26. The standard InChI is InChI=1S/C20H17ClN2O2/c1-25-17-13-11-16(12-14-17)22-20(15-7-3-2-4-8-15)23(24)19-10-6-5-9-18(19)21/h2-14,24H,1H3. The molecule has 126 valence electrons. The van der Waals surface area contributed by atoms with Crippen LogP contribution in [0.2, 0.25) is 5.02 Å². The van der Waals surface area contributed by atoms with Gasteiger partial charge in [0.25, 0.3) is 0 Å². The molecule has 3 aromatic rings. The molecular formula is C20H17ClN2O2. The fraction of sp³-hybridized carbons (Fsp3) is 0.0500. The van der Waals surface area contributed by atoms with Crippen LogP contribution in [0.15, 0.2) is 83.9 Å². The minimum Gasteiger partial charge on any atom is -0.497 e. The number of halogens is 1. The van der Waals surface area contributed by atoms with Gasteiger partial charge in [-0.15, -0.1) is 0 Å². The number of anilines is 1. The maximum Gasteiger partial charge on any atom is 0.165 e. The maximum atomic E-state index is 10.8. The Morgan fingerprint density at radius 3 is 2.20 bits per heavy atom. The highest BCUT2D eigenvalue weighted by atomic mass is 35.5. The summed E-state index contributed by atoms with van der Waals surface area (Å²) in [6.45, 7) is 0. The number of hydrogen-bond donors (Lipinski definition) is 1. The molecular weight excluding hydrogens is 336 g/mol. The van der Waals surface area contributed by atoms with E-state index in [2.05, 4.69) is 4.99 Å². The normalized spacial score (nSPS) is 11.2. The minimum absolute atomic E-state index is 0.374. The van der Waals surface area contributed by atoms with Crippen molar-refractivity contribution >= 4 is 28.8 Å². The monoisotopic (exact) mass is 352 g/mol. The smallest absolute Gasteiger partial charge is 0.165 e. The van der Waals surface area contributed by atoms with Gasteiger partial charge < -0.3 is 4.74 Å². The molecule has 0 unspecified atom stereocenters. The number of hydroxylamine groups is 1. The third-order valence-corrected chi connectivity index (χ3v) is 3.94. The zero-order valence-electron chi connectivity index (χ0n) is 13.6. The van der Waals surface area contributed by atoms with E-state index in [0.717, 1.165) is 16.4 Å². The Labute approximate surface area is 151 Å². The van der Waals surface area contributed by atoms with Crippen LogP contribution in [0.5, 0.6) is 5.75 Å². The quantitative estimate of drug-likeness (QED) is 0.392. The molecule has 0 aliphatic carbocycles. The second-order valence-corrected chi connectivity index (χ2v) is 5.67. The van der Waals surface area contributed by atoms with Crippen molar-refractivity contribution in [2.24, 2.45) is 4.99 Å². The lowest BCUT2D eigenvalue weighted by atomic mass is 10.2. The summed E-state index contributed by atoms with van der Waals surface area (Å²) < 4.78 is 5.17. The number of amidine groups is 1. The number of hydrogen-bond acceptors (Lipinski definition) is 3. The molecule has 4 nitrogen and oxygen atoms in total. The summed E-state index contributed by atoms with van der Waals surface area (Å²) in [5, 5.41) is 12.2. The molecule has 0 aromatic heterocycles. The summed E-state index contributed by atoms with van der Waals surface area (Å²) >= 11 is 6.22. The van der Waals surface area contributed by atoms with E-state index < -0.39 is 0 Å². The van der Waals surface area contributed by atoms with Crippen LogP contribution in [0.3, 0.4) is 0 Å². The molecule has 0 bridgehead atoms. The van der Waals surface area contributed by atoms with Crippen molar-refractivity contribution in [2.45, 2.75) is 0 Å². The number of methoxy groups -OCH3 is 1. The summed E-state index contributed by atoms with van der Waals surface area (Å²) in [6, 6.07) is 23.8. The van der Waals surface area contributed by atoms with Crippen molar-refractivity contribution in [1.82, 2.24) is 0 Å². The molecule has 25 heavy (non-hydrogen) atoms. The largest absolute Gasteiger partial charge is 0.497 e. The second kappa shape index (κ2) is 7.83. The lowest BCUT2D eigenvalue weighted by molar-refractivity contribution is 0.313. The first-order valence-corrected chi connectivity index (χ1v) is 8.08. The van der Waals surface area contributed by atoms with E-state index in [-0.39, 0.29) is 0 Å².